The summed E-state index contributed by atoms with van der Waals surface area (Å²) in [6, 6.07) is 4.39. The first-order valence-corrected chi connectivity index (χ1v) is 8.04. The molecular formula is C18H29NO. The van der Waals surface area contributed by atoms with E-state index >= 15 is 0 Å². The van der Waals surface area contributed by atoms with Crippen LogP contribution in [0.3, 0.4) is 0 Å². The predicted octanol–water partition coefficient (Wildman–Crippen LogP) is 4.29. The largest absolute Gasteiger partial charge is 0.492 e. The number of hydrogen-bond donors (Lipinski definition) is 0. The third kappa shape index (κ3) is 3.99. The zero-order chi connectivity index (χ0) is 14.5. The molecule has 0 radical (unpaired) electrons. The maximum absolute atomic E-state index is 5.96. The van der Waals surface area contributed by atoms with Gasteiger partial charge >= 0.3 is 0 Å². The van der Waals surface area contributed by atoms with Gasteiger partial charge in [-0.2, -0.15) is 0 Å². The minimum absolute atomic E-state index is 0.581. The van der Waals surface area contributed by atoms with Gasteiger partial charge < -0.3 is 4.74 Å². The van der Waals surface area contributed by atoms with Crippen LogP contribution >= 0.6 is 0 Å². The van der Waals surface area contributed by atoms with Gasteiger partial charge in [0.2, 0.25) is 0 Å². The number of rotatable bonds is 5. The molecule has 0 saturated carbocycles. The molecule has 0 spiro atoms. The number of likely N-dealkylation sites (tertiary alicyclic amines) is 1. The first-order valence-electron chi connectivity index (χ1n) is 8.04. The number of ether oxygens (including phenoxy) is 1. The van der Waals surface area contributed by atoms with Gasteiger partial charge in [-0.3, -0.25) is 4.90 Å². The molecule has 0 amide bonds. The Bertz CT molecular complexity index is 410. The topological polar surface area (TPSA) is 12.5 Å². The Labute approximate surface area is 124 Å². The lowest BCUT2D eigenvalue weighted by Gasteiger charge is -2.26. The molecule has 0 unspecified atom stereocenters. The van der Waals surface area contributed by atoms with Crippen LogP contribution in [0, 0.1) is 13.8 Å². The normalized spacial score (nSPS) is 16.6. The van der Waals surface area contributed by atoms with Crippen molar-refractivity contribution in [2.24, 2.45) is 0 Å². The SMILES string of the molecule is Cc1cc(OCCN2CCCCC2)cc(C)c1C(C)C. The van der Waals surface area contributed by atoms with E-state index in [1.165, 1.54) is 49.0 Å². The van der Waals surface area contributed by atoms with Gasteiger partial charge in [-0.1, -0.05) is 20.3 Å². The zero-order valence-corrected chi connectivity index (χ0v) is 13.5. The molecule has 0 N–H and O–H groups in total. The second-order valence-electron chi connectivity index (χ2n) is 6.38. The Morgan fingerprint density at radius 1 is 1.05 bits per heavy atom. The van der Waals surface area contributed by atoms with Crippen LogP contribution in [0.15, 0.2) is 12.1 Å². The highest BCUT2D eigenvalue weighted by Crippen LogP contribution is 2.27. The Hall–Kier alpha value is -1.02. The third-order valence-corrected chi connectivity index (χ3v) is 4.27. The average Bonchev–Trinajstić information content (AvgIpc) is 2.38. The summed E-state index contributed by atoms with van der Waals surface area (Å²) in [5.74, 6) is 1.61. The Kier molecular flexibility index (Phi) is 5.47. The zero-order valence-electron chi connectivity index (χ0n) is 13.5. The fourth-order valence-electron chi connectivity index (χ4n) is 3.40. The number of piperidine rings is 1. The van der Waals surface area contributed by atoms with E-state index in [0.717, 1.165) is 18.9 Å². The van der Waals surface area contributed by atoms with Gasteiger partial charge in [0.05, 0.1) is 0 Å². The van der Waals surface area contributed by atoms with Crippen molar-refractivity contribution in [3.8, 4) is 5.75 Å². The second-order valence-corrected chi connectivity index (χ2v) is 6.38. The Morgan fingerprint density at radius 2 is 1.65 bits per heavy atom. The number of aryl methyl sites for hydroxylation is 2. The van der Waals surface area contributed by atoms with Gasteiger partial charge in [-0.05, 0) is 74.5 Å². The number of hydrogen-bond acceptors (Lipinski definition) is 2. The minimum atomic E-state index is 0.581. The molecule has 0 bridgehead atoms. The molecule has 112 valence electrons. The standard InChI is InChI=1S/C18H29NO/c1-14(2)18-15(3)12-17(13-16(18)4)20-11-10-19-8-6-5-7-9-19/h12-14H,5-11H2,1-4H3. The molecule has 1 aliphatic heterocycles. The summed E-state index contributed by atoms with van der Waals surface area (Å²) in [6.07, 6.45) is 4.09. The highest BCUT2D eigenvalue weighted by Gasteiger charge is 2.11. The van der Waals surface area contributed by atoms with E-state index < -0.39 is 0 Å². The van der Waals surface area contributed by atoms with E-state index in [1.807, 2.05) is 0 Å². The molecule has 0 atom stereocenters. The van der Waals surface area contributed by atoms with Crippen molar-refractivity contribution >= 4 is 0 Å². The van der Waals surface area contributed by atoms with Crippen LogP contribution in [0.5, 0.6) is 5.75 Å². The summed E-state index contributed by atoms with van der Waals surface area (Å²) in [5.41, 5.74) is 4.18. The van der Waals surface area contributed by atoms with Crippen LogP contribution < -0.4 is 4.74 Å². The fraction of sp³-hybridized carbons (Fsp3) is 0.667. The van der Waals surface area contributed by atoms with Crippen LogP contribution in [0.2, 0.25) is 0 Å². The average molecular weight is 275 g/mol. The van der Waals surface area contributed by atoms with Crippen molar-refractivity contribution in [1.29, 1.82) is 0 Å². The van der Waals surface area contributed by atoms with E-state index in [-0.39, 0.29) is 0 Å². The molecule has 2 heteroatoms. The van der Waals surface area contributed by atoms with E-state index in [2.05, 4.69) is 44.7 Å². The molecule has 1 saturated heterocycles. The van der Waals surface area contributed by atoms with Crippen LogP contribution in [-0.4, -0.2) is 31.1 Å². The van der Waals surface area contributed by atoms with Crippen LogP contribution in [0.1, 0.15) is 55.7 Å². The minimum Gasteiger partial charge on any atom is -0.492 e. The summed E-state index contributed by atoms with van der Waals surface area (Å²) in [4.78, 5) is 2.52. The van der Waals surface area contributed by atoms with Crippen molar-refractivity contribution in [3.05, 3.63) is 28.8 Å². The molecule has 1 heterocycles. The van der Waals surface area contributed by atoms with Crippen molar-refractivity contribution < 1.29 is 4.74 Å². The maximum atomic E-state index is 5.96. The third-order valence-electron chi connectivity index (χ3n) is 4.27. The lowest BCUT2D eigenvalue weighted by Crippen LogP contribution is -2.33. The summed E-state index contributed by atoms with van der Waals surface area (Å²) in [6.45, 7) is 13.3. The molecule has 1 aromatic carbocycles. The van der Waals surface area contributed by atoms with Crippen LogP contribution in [0.4, 0.5) is 0 Å². The number of nitrogens with zero attached hydrogens (tertiary/aromatic N) is 1. The van der Waals surface area contributed by atoms with Gasteiger partial charge in [-0.25, -0.2) is 0 Å². The van der Waals surface area contributed by atoms with Crippen LogP contribution in [0.25, 0.3) is 0 Å². The van der Waals surface area contributed by atoms with Gasteiger partial charge in [0, 0.05) is 6.54 Å². The molecule has 20 heavy (non-hydrogen) atoms. The van der Waals surface area contributed by atoms with E-state index in [4.69, 9.17) is 4.74 Å². The lowest BCUT2D eigenvalue weighted by atomic mass is 9.93. The van der Waals surface area contributed by atoms with Gasteiger partial charge in [-0.15, -0.1) is 0 Å². The maximum Gasteiger partial charge on any atom is 0.119 e. The predicted molar refractivity (Wildman–Crippen MR) is 85.8 cm³/mol. The van der Waals surface area contributed by atoms with Crippen molar-refractivity contribution in [3.63, 3.8) is 0 Å². The Balaban J connectivity index is 1.89. The van der Waals surface area contributed by atoms with Gasteiger partial charge in [0.25, 0.3) is 0 Å². The molecule has 2 nitrogen and oxygen atoms in total. The molecule has 1 aliphatic rings. The fourth-order valence-corrected chi connectivity index (χ4v) is 3.40. The second kappa shape index (κ2) is 7.12. The van der Waals surface area contributed by atoms with Gasteiger partial charge in [0.15, 0.2) is 0 Å². The summed E-state index contributed by atoms with van der Waals surface area (Å²) < 4.78 is 5.96. The van der Waals surface area contributed by atoms with E-state index in [9.17, 15) is 0 Å². The molecule has 0 aliphatic carbocycles. The smallest absolute Gasteiger partial charge is 0.119 e. The molecule has 0 aromatic heterocycles. The van der Waals surface area contributed by atoms with E-state index in [1.54, 1.807) is 0 Å². The van der Waals surface area contributed by atoms with Crippen LogP contribution in [-0.2, 0) is 0 Å². The summed E-state index contributed by atoms with van der Waals surface area (Å²) >= 11 is 0. The molecule has 1 aromatic rings. The highest BCUT2D eigenvalue weighted by molar-refractivity contribution is 5.42. The van der Waals surface area contributed by atoms with Crippen molar-refractivity contribution in [2.45, 2.75) is 52.9 Å². The lowest BCUT2D eigenvalue weighted by molar-refractivity contribution is 0.183. The summed E-state index contributed by atoms with van der Waals surface area (Å²) in [5, 5.41) is 0. The van der Waals surface area contributed by atoms with Crippen molar-refractivity contribution in [1.82, 2.24) is 4.90 Å². The first-order chi connectivity index (χ1) is 9.58. The monoisotopic (exact) mass is 275 g/mol. The summed E-state index contributed by atoms with van der Waals surface area (Å²) in [7, 11) is 0. The van der Waals surface area contributed by atoms with Gasteiger partial charge in [0.1, 0.15) is 12.4 Å². The van der Waals surface area contributed by atoms with Crippen molar-refractivity contribution in [2.75, 3.05) is 26.2 Å². The molecule has 1 fully saturated rings. The highest BCUT2D eigenvalue weighted by atomic mass is 16.5. The quantitative estimate of drug-likeness (QED) is 0.794. The molecular weight excluding hydrogens is 246 g/mol. The first kappa shape index (κ1) is 15.4. The Morgan fingerprint density at radius 3 is 2.20 bits per heavy atom. The van der Waals surface area contributed by atoms with E-state index in [0.29, 0.717) is 5.92 Å². The molecule has 2 rings (SSSR count). The number of benzene rings is 1.